The highest BCUT2D eigenvalue weighted by molar-refractivity contribution is 5.87. The first-order chi connectivity index (χ1) is 8.65. The second kappa shape index (κ2) is 5.40. The van der Waals surface area contributed by atoms with Crippen molar-refractivity contribution in [1.82, 2.24) is 0 Å². The van der Waals surface area contributed by atoms with Crippen LogP contribution in [0.25, 0.3) is 0 Å². The molecule has 1 fully saturated rings. The molecule has 0 saturated heterocycles. The number of rotatable bonds is 5. The second-order valence-corrected chi connectivity index (χ2v) is 5.03. The number of carboxylic acid groups (broad SMARTS) is 1. The fourth-order valence-electron chi connectivity index (χ4n) is 2.46. The van der Waals surface area contributed by atoms with Crippen LogP contribution in [-0.2, 0) is 0 Å². The molecular formula is C14H19NO3. The largest absolute Gasteiger partial charge is 0.493 e. The van der Waals surface area contributed by atoms with E-state index in [9.17, 15) is 4.79 Å². The third-order valence-electron chi connectivity index (χ3n) is 3.74. The van der Waals surface area contributed by atoms with E-state index < -0.39 is 5.97 Å². The predicted molar refractivity (Wildman–Crippen MR) is 68.9 cm³/mol. The molecule has 4 heteroatoms. The van der Waals surface area contributed by atoms with E-state index in [1.165, 1.54) is 12.8 Å². The molecule has 1 aromatic rings. The SMILES string of the molecule is NCC1(COc2ccc(C(=O)O)cc2)CCCC1. The minimum absolute atomic E-state index is 0.117. The van der Waals surface area contributed by atoms with Crippen LogP contribution in [0.2, 0.25) is 0 Å². The number of nitrogens with two attached hydrogens (primary N) is 1. The molecule has 1 aliphatic rings. The van der Waals surface area contributed by atoms with Gasteiger partial charge in [0.15, 0.2) is 0 Å². The Bertz CT molecular complexity index is 408. The third-order valence-corrected chi connectivity index (χ3v) is 3.74. The van der Waals surface area contributed by atoms with Crippen molar-refractivity contribution in [2.75, 3.05) is 13.2 Å². The van der Waals surface area contributed by atoms with Gasteiger partial charge in [0.05, 0.1) is 12.2 Å². The molecule has 1 saturated carbocycles. The normalized spacial score (nSPS) is 17.6. The van der Waals surface area contributed by atoms with Gasteiger partial charge < -0.3 is 15.6 Å². The topological polar surface area (TPSA) is 72.5 Å². The molecule has 4 nitrogen and oxygen atoms in total. The maximum Gasteiger partial charge on any atom is 0.335 e. The fraction of sp³-hybridized carbons (Fsp3) is 0.500. The van der Waals surface area contributed by atoms with Crippen LogP contribution in [0.4, 0.5) is 0 Å². The van der Waals surface area contributed by atoms with Gasteiger partial charge >= 0.3 is 5.97 Å². The van der Waals surface area contributed by atoms with E-state index in [-0.39, 0.29) is 11.0 Å². The molecule has 0 spiro atoms. The van der Waals surface area contributed by atoms with Crippen LogP contribution < -0.4 is 10.5 Å². The second-order valence-electron chi connectivity index (χ2n) is 5.03. The zero-order valence-electron chi connectivity index (χ0n) is 10.4. The summed E-state index contributed by atoms with van der Waals surface area (Å²) in [6.45, 7) is 1.27. The Morgan fingerprint density at radius 3 is 2.39 bits per heavy atom. The maximum atomic E-state index is 10.7. The van der Waals surface area contributed by atoms with Gasteiger partial charge in [0.25, 0.3) is 0 Å². The summed E-state index contributed by atoms with van der Waals surface area (Å²) >= 11 is 0. The van der Waals surface area contributed by atoms with Crippen molar-refractivity contribution in [3.63, 3.8) is 0 Å². The molecule has 0 radical (unpaired) electrons. The fourth-order valence-corrected chi connectivity index (χ4v) is 2.46. The summed E-state index contributed by atoms with van der Waals surface area (Å²) in [5.41, 5.74) is 6.23. The van der Waals surface area contributed by atoms with Gasteiger partial charge in [-0.15, -0.1) is 0 Å². The summed E-state index contributed by atoms with van der Waals surface area (Å²) < 4.78 is 5.75. The highest BCUT2D eigenvalue weighted by atomic mass is 16.5. The molecule has 0 amide bonds. The quantitative estimate of drug-likeness (QED) is 0.839. The van der Waals surface area contributed by atoms with Crippen LogP contribution in [0.1, 0.15) is 36.0 Å². The standard InChI is InChI=1S/C14H19NO3/c15-9-14(7-1-2-8-14)10-18-12-5-3-11(4-6-12)13(16)17/h3-6H,1-2,7-10,15H2,(H,16,17). The van der Waals surface area contributed by atoms with Gasteiger partial charge in [-0.05, 0) is 37.1 Å². The van der Waals surface area contributed by atoms with Gasteiger partial charge in [0.1, 0.15) is 5.75 Å². The number of ether oxygens (including phenoxy) is 1. The van der Waals surface area contributed by atoms with Gasteiger partial charge in [-0.3, -0.25) is 0 Å². The average Bonchev–Trinajstić information content (AvgIpc) is 2.86. The Balaban J connectivity index is 1.95. The molecule has 0 unspecified atom stereocenters. The molecule has 0 bridgehead atoms. The number of benzene rings is 1. The van der Waals surface area contributed by atoms with Crippen LogP contribution in [0, 0.1) is 5.41 Å². The van der Waals surface area contributed by atoms with E-state index in [1.807, 2.05) is 0 Å². The van der Waals surface area contributed by atoms with Crippen molar-refractivity contribution in [3.8, 4) is 5.75 Å². The minimum atomic E-state index is -0.921. The van der Waals surface area contributed by atoms with Crippen molar-refractivity contribution in [2.45, 2.75) is 25.7 Å². The monoisotopic (exact) mass is 249 g/mol. The van der Waals surface area contributed by atoms with Gasteiger partial charge in [0, 0.05) is 12.0 Å². The molecule has 1 aromatic carbocycles. The van der Waals surface area contributed by atoms with Crippen LogP contribution in [-0.4, -0.2) is 24.2 Å². The number of aromatic carboxylic acids is 1. The third kappa shape index (κ3) is 2.82. The van der Waals surface area contributed by atoms with E-state index in [1.54, 1.807) is 24.3 Å². The lowest BCUT2D eigenvalue weighted by atomic mass is 9.87. The Hall–Kier alpha value is -1.55. The number of hydrogen-bond donors (Lipinski definition) is 2. The molecule has 3 N–H and O–H groups in total. The smallest absolute Gasteiger partial charge is 0.335 e. The van der Waals surface area contributed by atoms with Crippen molar-refractivity contribution in [1.29, 1.82) is 0 Å². The van der Waals surface area contributed by atoms with E-state index in [0.29, 0.717) is 18.9 Å². The lowest BCUT2D eigenvalue weighted by Gasteiger charge is -2.26. The first-order valence-electron chi connectivity index (χ1n) is 6.31. The Morgan fingerprint density at radius 2 is 1.89 bits per heavy atom. The maximum absolute atomic E-state index is 10.7. The first kappa shape index (κ1) is 12.9. The zero-order chi connectivity index (χ0) is 13.0. The summed E-state index contributed by atoms with van der Waals surface area (Å²) in [7, 11) is 0. The summed E-state index contributed by atoms with van der Waals surface area (Å²) in [5.74, 6) is -0.213. The van der Waals surface area contributed by atoms with Crippen molar-refractivity contribution >= 4 is 5.97 Å². The molecule has 18 heavy (non-hydrogen) atoms. The van der Waals surface area contributed by atoms with E-state index in [2.05, 4.69) is 0 Å². The molecule has 0 aromatic heterocycles. The number of carbonyl (C=O) groups is 1. The molecule has 0 heterocycles. The number of hydrogen-bond acceptors (Lipinski definition) is 3. The minimum Gasteiger partial charge on any atom is -0.493 e. The predicted octanol–water partition coefficient (Wildman–Crippen LogP) is 2.28. The van der Waals surface area contributed by atoms with Crippen molar-refractivity contribution in [3.05, 3.63) is 29.8 Å². The van der Waals surface area contributed by atoms with Gasteiger partial charge in [0.2, 0.25) is 0 Å². The van der Waals surface area contributed by atoms with E-state index in [0.717, 1.165) is 12.8 Å². The average molecular weight is 249 g/mol. The molecule has 98 valence electrons. The lowest BCUT2D eigenvalue weighted by Crippen LogP contribution is -2.33. The van der Waals surface area contributed by atoms with Crippen LogP contribution in [0.5, 0.6) is 5.75 Å². The zero-order valence-corrected chi connectivity index (χ0v) is 10.4. The van der Waals surface area contributed by atoms with E-state index >= 15 is 0 Å². The van der Waals surface area contributed by atoms with Gasteiger partial charge in [-0.1, -0.05) is 12.8 Å². The number of carboxylic acids is 1. The Labute approximate surface area is 107 Å². The van der Waals surface area contributed by atoms with E-state index in [4.69, 9.17) is 15.6 Å². The lowest BCUT2D eigenvalue weighted by molar-refractivity contribution is 0.0697. The van der Waals surface area contributed by atoms with Gasteiger partial charge in [-0.2, -0.15) is 0 Å². The highest BCUT2D eigenvalue weighted by Crippen LogP contribution is 2.37. The molecule has 1 aliphatic carbocycles. The summed E-state index contributed by atoms with van der Waals surface area (Å²) in [4.78, 5) is 10.7. The summed E-state index contributed by atoms with van der Waals surface area (Å²) in [6, 6.07) is 6.51. The van der Waals surface area contributed by atoms with Crippen LogP contribution in [0.15, 0.2) is 24.3 Å². The van der Waals surface area contributed by atoms with Crippen LogP contribution in [0.3, 0.4) is 0 Å². The molecular weight excluding hydrogens is 230 g/mol. The summed E-state index contributed by atoms with van der Waals surface area (Å²) in [6.07, 6.45) is 4.68. The molecule has 2 rings (SSSR count). The van der Waals surface area contributed by atoms with Gasteiger partial charge in [-0.25, -0.2) is 4.79 Å². The highest BCUT2D eigenvalue weighted by Gasteiger charge is 2.33. The van der Waals surface area contributed by atoms with Crippen LogP contribution >= 0.6 is 0 Å². The first-order valence-corrected chi connectivity index (χ1v) is 6.31. The Morgan fingerprint density at radius 1 is 1.28 bits per heavy atom. The Kier molecular flexibility index (Phi) is 3.87. The summed E-state index contributed by atoms with van der Waals surface area (Å²) in [5, 5.41) is 8.80. The van der Waals surface area contributed by atoms with Crippen molar-refractivity contribution < 1.29 is 14.6 Å². The molecule has 0 aliphatic heterocycles. The van der Waals surface area contributed by atoms with Crippen molar-refractivity contribution in [2.24, 2.45) is 11.1 Å². The molecule has 0 atom stereocenters.